The number of carboxylic acid groups (broad SMARTS) is 1. The minimum absolute atomic E-state index is 0.612. The molecule has 0 amide bonds. The van der Waals surface area contributed by atoms with Crippen molar-refractivity contribution >= 4 is 27.4 Å². The first-order chi connectivity index (χ1) is 10.2. The molecule has 5 nitrogen and oxygen atoms in total. The monoisotopic (exact) mass is 299 g/mol. The molecule has 0 aliphatic carbocycles. The molecule has 1 aromatic carbocycles. The number of nitrogens with one attached hydrogen (secondary N) is 2. The second-order valence-corrected chi connectivity index (χ2v) is 6.16. The van der Waals surface area contributed by atoms with Crippen molar-refractivity contribution < 1.29 is 9.90 Å². The van der Waals surface area contributed by atoms with Gasteiger partial charge in [0.05, 0.1) is 10.6 Å². The summed E-state index contributed by atoms with van der Waals surface area (Å²) in [6, 6.07) is 9.55. The number of rotatable bonds is 2. The molecular formula is C15H13N3O2S. The van der Waals surface area contributed by atoms with Gasteiger partial charge in [-0.2, -0.15) is 0 Å². The van der Waals surface area contributed by atoms with Crippen molar-refractivity contribution in [2.45, 2.75) is 12.5 Å². The number of carboxylic acids is 1. The summed E-state index contributed by atoms with van der Waals surface area (Å²) in [5.41, 5.74) is 1.54. The number of nitrogens with zero attached hydrogens (tertiary/aromatic N) is 1. The lowest BCUT2D eigenvalue weighted by atomic mass is 10.1. The molecule has 3 heterocycles. The van der Waals surface area contributed by atoms with Crippen LogP contribution in [0.2, 0.25) is 0 Å². The summed E-state index contributed by atoms with van der Waals surface area (Å²) in [7, 11) is 0. The molecule has 1 aliphatic heterocycles. The van der Waals surface area contributed by atoms with E-state index in [2.05, 4.69) is 33.5 Å². The highest BCUT2D eigenvalue weighted by Gasteiger charge is 2.29. The molecule has 0 fully saturated rings. The number of benzene rings is 1. The normalized spacial score (nSPS) is 17.8. The van der Waals surface area contributed by atoms with E-state index in [0.29, 0.717) is 12.2 Å². The number of thiophene rings is 1. The number of hydrogen-bond donors (Lipinski definition) is 3. The first kappa shape index (κ1) is 12.6. The first-order valence-electron chi connectivity index (χ1n) is 6.76. The lowest BCUT2D eigenvalue weighted by molar-refractivity contribution is -0.139. The molecule has 0 saturated heterocycles. The topological polar surface area (TPSA) is 78.0 Å². The van der Waals surface area contributed by atoms with Gasteiger partial charge >= 0.3 is 5.97 Å². The number of aromatic amines is 1. The Morgan fingerprint density at radius 3 is 3.05 bits per heavy atom. The fourth-order valence-electron chi connectivity index (χ4n) is 2.71. The summed E-state index contributed by atoms with van der Waals surface area (Å²) in [6.07, 6.45) is 0.775. The Kier molecular flexibility index (Phi) is 2.80. The molecule has 1 unspecified atom stereocenters. The van der Waals surface area contributed by atoms with Crippen LogP contribution in [0.5, 0.6) is 0 Å². The highest BCUT2D eigenvalue weighted by molar-refractivity contribution is 7.22. The maximum absolute atomic E-state index is 11.3. The summed E-state index contributed by atoms with van der Waals surface area (Å²) in [6.45, 7) is 0.651. The third-order valence-electron chi connectivity index (χ3n) is 3.71. The van der Waals surface area contributed by atoms with Gasteiger partial charge in [0.25, 0.3) is 0 Å². The Labute approximate surface area is 124 Å². The number of aromatic nitrogens is 2. The predicted octanol–water partition coefficient (Wildman–Crippen LogP) is 2.56. The van der Waals surface area contributed by atoms with E-state index in [9.17, 15) is 9.90 Å². The van der Waals surface area contributed by atoms with E-state index in [1.54, 1.807) is 11.3 Å². The molecule has 3 aromatic rings. The van der Waals surface area contributed by atoms with E-state index < -0.39 is 12.0 Å². The SMILES string of the molecule is O=C(O)C1NCCc2[nH]c(-c3cc4ccccc4s3)nc21. The second-order valence-electron chi connectivity index (χ2n) is 5.07. The maximum atomic E-state index is 11.3. The van der Waals surface area contributed by atoms with Crippen molar-refractivity contribution in [2.24, 2.45) is 0 Å². The van der Waals surface area contributed by atoms with Crippen LogP contribution in [0.3, 0.4) is 0 Å². The van der Waals surface area contributed by atoms with E-state index in [-0.39, 0.29) is 0 Å². The van der Waals surface area contributed by atoms with Crippen molar-refractivity contribution in [2.75, 3.05) is 6.54 Å². The van der Waals surface area contributed by atoms with Crippen LogP contribution in [0.4, 0.5) is 0 Å². The minimum Gasteiger partial charge on any atom is -0.480 e. The molecule has 0 bridgehead atoms. The molecule has 0 spiro atoms. The third-order valence-corrected chi connectivity index (χ3v) is 4.84. The molecule has 0 radical (unpaired) electrons. The zero-order chi connectivity index (χ0) is 14.4. The molecule has 6 heteroatoms. The summed E-state index contributed by atoms with van der Waals surface area (Å²) in [5, 5.41) is 13.4. The number of imidazole rings is 1. The Bertz CT molecular complexity index is 803. The van der Waals surface area contributed by atoms with Crippen molar-refractivity contribution in [1.82, 2.24) is 15.3 Å². The van der Waals surface area contributed by atoms with Gasteiger partial charge < -0.3 is 10.1 Å². The average molecular weight is 299 g/mol. The van der Waals surface area contributed by atoms with Crippen LogP contribution in [-0.4, -0.2) is 27.6 Å². The second kappa shape index (κ2) is 4.68. The van der Waals surface area contributed by atoms with Gasteiger partial charge in [-0.05, 0) is 17.5 Å². The van der Waals surface area contributed by atoms with E-state index in [4.69, 9.17) is 0 Å². The Morgan fingerprint density at radius 2 is 2.24 bits per heavy atom. The highest BCUT2D eigenvalue weighted by atomic mass is 32.1. The van der Waals surface area contributed by atoms with E-state index >= 15 is 0 Å². The van der Waals surface area contributed by atoms with Gasteiger partial charge in [-0.1, -0.05) is 18.2 Å². The van der Waals surface area contributed by atoms with Gasteiger partial charge in [0, 0.05) is 23.4 Å². The van der Waals surface area contributed by atoms with E-state index in [1.165, 1.54) is 10.1 Å². The molecule has 1 atom stereocenters. The Morgan fingerprint density at radius 1 is 1.38 bits per heavy atom. The van der Waals surface area contributed by atoms with Gasteiger partial charge in [-0.3, -0.25) is 10.1 Å². The van der Waals surface area contributed by atoms with Crippen molar-refractivity contribution in [1.29, 1.82) is 0 Å². The number of carbonyl (C=O) groups is 1. The summed E-state index contributed by atoms with van der Waals surface area (Å²) < 4.78 is 1.20. The lowest BCUT2D eigenvalue weighted by Gasteiger charge is -2.18. The quantitative estimate of drug-likeness (QED) is 0.679. The van der Waals surface area contributed by atoms with Crippen LogP contribution in [-0.2, 0) is 11.2 Å². The smallest absolute Gasteiger partial charge is 0.327 e. The first-order valence-corrected chi connectivity index (χ1v) is 7.58. The fraction of sp³-hybridized carbons (Fsp3) is 0.200. The zero-order valence-corrected chi connectivity index (χ0v) is 11.9. The van der Waals surface area contributed by atoms with E-state index in [0.717, 1.165) is 22.8 Å². The maximum Gasteiger partial charge on any atom is 0.327 e. The summed E-state index contributed by atoms with van der Waals surface area (Å²) in [5.74, 6) is -0.124. The molecule has 0 saturated carbocycles. The molecule has 106 valence electrons. The van der Waals surface area contributed by atoms with Crippen molar-refractivity contribution in [3.05, 3.63) is 41.7 Å². The van der Waals surface area contributed by atoms with Gasteiger partial charge in [-0.15, -0.1) is 11.3 Å². The number of fused-ring (bicyclic) bond motifs is 2. The largest absolute Gasteiger partial charge is 0.480 e. The molecular weight excluding hydrogens is 286 g/mol. The Hall–Kier alpha value is -2.18. The fourth-order valence-corrected chi connectivity index (χ4v) is 3.72. The van der Waals surface area contributed by atoms with Crippen LogP contribution in [0.1, 0.15) is 17.4 Å². The lowest BCUT2D eigenvalue weighted by Crippen LogP contribution is -2.35. The van der Waals surface area contributed by atoms with Gasteiger partial charge in [0.1, 0.15) is 5.82 Å². The van der Waals surface area contributed by atoms with Crippen LogP contribution in [0, 0.1) is 0 Å². The summed E-state index contributed by atoms with van der Waals surface area (Å²) in [4.78, 5) is 20.1. The van der Waals surface area contributed by atoms with Crippen LogP contribution < -0.4 is 5.32 Å². The molecule has 4 rings (SSSR count). The van der Waals surface area contributed by atoms with Crippen molar-refractivity contribution in [3.63, 3.8) is 0 Å². The minimum atomic E-state index is -0.884. The molecule has 1 aliphatic rings. The number of H-pyrrole nitrogens is 1. The van der Waals surface area contributed by atoms with Crippen LogP contribution in [0.25, 0.3) is 20.8 Å². The average Bonchev–Trinajstić information content (AvgIpc) is 3.09. The number of hydrogen-bond acceptors (Lipinski definition) is 4. The van der Waals surface area contributed by atoms with Crippen LogP contribution in [0.15, 0.2) is 30.3 Å². The van der Waals surface area contributed by atoms with Gasteiger partial charge in [0.2, 0.25) is 0 Å². The summed E-state index contributed by atoms with van der Waals surface area (Å²) >= 11 is 1.66. The van der Waals surface area contributed by atoms with E-state index in [1.807, 2.05) is 12.1 Å². The predicted molar refractivity (Wildman–Crippen MR) is 81.5 cm³/mol. The van der Waals surface area contributed by atoms with Gasteiger partial charge in [0.15, 0.2) is 6.04 Å². The molecule has 2 aromatic heterocycles. The Balaban J connectivity index is 1.81. The van der Waals surface area contributed by atoms with Crippen molar-refractivity contribution in [3.8, 4) is 10.7 Å². The standard InChI is InChI=1S/C15H13N3O2S/c19-15(20)13-12-9(5-6-16-13)17-14(18-12)11-7-8-3-1-2-4-10(8)21-11/h1-4,7,13,16H,5-6H2,(H,17,18)(H,19,20). The number of aliphatic carboxylic acids is 1. The zero-order valence-electron chi connectivity index (χ0n) is 11.1. The highest BCUT2D eigenvalue weighted by Crippen LogP contribution is 2.33. The molecule has 3 N–H and O–H groups in total. The van der Waals surface area contributed by atoms with Gasteiger partial charge in [-0.25, -0.2) is 4.98 Å². The van der Waals surface area contributed by atoms with Crippen LogP contribution >= 0.6 is 11.3 Å². The third kappa shape index (κ3) is 2.03. The molecule has 21 heavy (non-hydrogen) atoms.